The number of aliphatic imine (C=N–C) groups is 1. The molecule has 8 heteroatoms. The minimum Gasteiger partial charge on any atom is -0.284 e. The van der Waals surface area contributed by atoms with Crippen molar-refractivity contribution in [3.05, 3.63) is 78.9 Å². The fourth-order valence-corrected chi connectivity index (χ4v) is 3.62. The number of anilines is 2. The number of para-hydroxylation sites is 2. The van der Waals surface area contributed by atoms with E-state index >= 15 is 0 Å². The van der Waals surface area contributed by atoms with Crippen LogP contribution in [0.3, 0.4) is 0 Å². The Kier molecular flexibility index (Phi) is 2.79. The Morgan fingerprint density at radius 2 is 1.78 bits per heavy atom. The Morgan fingerprint density at radius 3 is 2.70 bits per heavy atom. The molecule has 0 spiro atoms. The van der Waals surface area contributed by atoms with Crippen molar-refractivity contribution in [2.45, 2.75) is 6.17 Å². The first-order valence-electron chi connectivity index (χ1n) is 8.61. The first-order valence-corrected chi connectivity index (χ1v) is 8.61. The van der Waals surface area contributed by atoms with Crippen LogP contribution in [0.25, 0.3) is 11.4 Å². The van der Waals surface area contributed by atoms with Gasteiger partial charge in [-0.2, -0.15) is 0 Å². The Balaban J connectivity index is 1.44. The van der Waals surface area contributed by atoms with Gasteiger partial charge in [0.05, 0.1) is 23.8 Å². The Morgan fingerprint density at radius 1 is 0.926 bits per heavy atom. The summed E-state index contributed by atoms with van der Waals surface area (Å²) in [5, 5.41) is 12.6. The van der Waals surface area contributed by atoms with Crippen molar-refractivity contribution < 1.29 is 0 Å². The van der Waals surface area contributed by atoms with E-state index in [0.29, 0.717) is 5.82 Å². The SMILES string of the molecule is C1=NC2c3ccccc3-n3cncc3N2N1c1cn(-c2ccccc2)nn1. The van der Waals surface area contributed by atoms with Gasteiger partial charge in [0, 0.05) is 5.56 Å². The molecule has 1 atom stereocenters. The predicted molar refractivity (Wildman–Crippen MR) is 101 cm³/mol. The number of hydrazine groups is 1. The highest BCUT2D eigenvalue weighted by Gasteiger charge is 2.39. The lowest BCUT2D eigenvalue weighted by Crippen LogP contribution is -2.42. The molecule has 0 bridgehead atoms. The summed E-state index contributed by atoms with van der Waals surface area (Å²) in [5.41, 5.74) is 3.17. The predicted octanol–water partition coefficient (Wildman–Crippen LogP) is 2.74. The zero-order valence-electron chi connectivity index (χ0n) is 14.2. The third-order valence-electron chi connectivity index (χ3n) is 4.85. The molecular weight excluding hydrogens is 340 g/mol. The zero-order chi connectivity index (χ0) is 17.8. The van der Waals surface area contributed by atoms with Crippen LogP contribution in [0.5, 0.6) is 0 Å². The summed E-state index contributed by atoms with van der Waals surface area (Å²) in [6.07, 6.45) is 7.20. The smallest absolute Gasteiger partial charge is 0.195 e. The average Bonchev–Trinajstić information content (AvgIpc) is 3.46. The highest BCUT2D eigenvalue weighted by atomic mass is 15.7. The van der Waals surface area contributed by atoms with Gasteiger partial charge in [-0.05, 0) is 18.2 Å². The van der Waals surface area contributed by atoms with Gasteiger partial charge in [0.15, 0.2) is 17.8 Å². The second-order valence-electron chi connectivity index (χ2n) is 6.36. The van der Waals surface area contributed by atoms with Crippen LogP contribution in [-0.4, -0.2) is 30.9 Å². The molecule has 4 heterocycles. The Labute approximate surface area is 154 Å². The minimum atomic E-state index is -0.146. The molecule has 6 rings (SSSR count). The molecule has 0 N–H and O–H groups in total. The second-order valence-corrected chi connectivity index (χ2v) is 6.36. The fourth-order valence-electron chi connectivity index (χ4n) is 3.62. The van der Waals surface area contributed by atoms with Gasteiger partial charge in [-0.1, -0.05) is 41.6 Å². The van der Waals surface area contributed by atoms with E-state index in [0.717, 1.165) is 22.8 Å². The maximum Gasteiger partial charge on any atom is 0.195 e. The van der Waals surface area contributed by atoms with Gasteiger partial charge < -0.3 is 0 Å². The number of benzene rings is 2. The molecule has 2 aliphatic heterocycles. The number of aromatic nitrogens is 5. The molecular formula is C19H14N8. The third-order valence-corrected chi connectivity index (χ3v) is 4.85. The van der Waals surface area contributed by atoms with E-state index in [9.17, 15) is 0 Å². The van der Waals surface area contributed by atoms with Crippen LogP contribution < -0.4 is 10.0 Å². The molecule has 2 aromatic heterocycles. The molecule has 0 fully saturated rings. The molecule has 2 aliphatic rings. The molecule has 2 aromatic carbocycles. The van der Waals surface area contributed by atoms with Crippen LogP contribution in [0.4, 0.5) is 11.6 Å². The second kappa shape index (κ2) is 5.28. The number of rotatable bonds is 2. The average molecular weight is 354 g/mol. The van der Waals surface area contributed by atoms with E-state index in [4.69, 9.17) is 4.99 Å². The molecule has 0 saturated carbocycles. The summed E-state index contributed by atoms with van der Waals surface area (Å²) < 4.78 is 3.82. The van der Waals surface area contributed by atoms with E-state index in [1.807, 2.05) is 66.2 Å². The summed E-state index contributed by atoms with van der Waals surface area (Å²) in [4.78, 5) is 9.07. The summed E-state index contributed by atoms with van der Waals surface area (Å²) >= 11 is 0. The third kappa shape index (κ3) is 1.97. The summed E-state index contributed by atoms with van der Waals surface area (Å²) in [5.74, 6) is 1.63. The van der Waals surface area contributed by atoms with E-state index in [1.165, 1.54) is 0 Å². The summed E-state index contributed by atoms with van der Waals surface area (Å²) in [7, 11) is 0. The van der Waals surface area contributed by atoms with Crippen LogP contribution in [-0.2, 0) is 0 Å². The Bertz CT molecular complexity index is 1160. The maximum atomic E-state index is 4.73. The molecule has 0 aliphatic carbocycles. The van der Waals surface area contributed by atoms with Gasteiger partial charge in [-0.15, -0.1) is 5.10 Å². The van der Waals surface area contributed by atoms with Crippen molar-refractivity contribution in [1.82, 2.24) is 24.5 Å². The molecule has 27 heavy (non-hydrogen) atoms. The van der Waals surface area contributed by atoms with Crippen LogP contribution in [0.15, 0.2) is 78.3 Å². The first-order chi connectivity index (χ1) is 13.4. The lowest BCUT2D eigenvalue weighted by Gasteiger charge is -2.36. The molecule has 0 amide bonds. The summed E-state index contributed by atoms with van der Waals surface area (Å²) in [6.45, 7) is 0. The van der Waals surface area contributed by atoms with Crippen molar-refractivity contribution >= 4 is 18.0 Å². The number of fused-ring (bicyclic) bond motifs is 6. The minimum absolute atomic E-state index is 0.146. The van der Waals surface area contributed by atoms with Crippen LogP contribution in [0.2, 0.25) is 0 Å². The lowest BCUT2D eigenvalue weighted by molar-refractivity contribution is 0.657. The van der Waals surface area contributed by atoms with Crippen LogP contribution in [0, 0.1) is 0 Å². The van der Waals surface area contributed by atoms with E-state index < -0.39 is 0 Å². The van der Waals surface area contributed by atoms with Crippen molar-refractivity contribution in [3.8, 4) is 11.4 Å². The van der Waals surface area contributed by atoms with Crippen molar-refractivity contribution in [2.75, 3.05) is 10.0 Å². The van der Waals surface area contributed by atoms with Crippen LogP contribution >= 0.6 is 0 Å². The van der Waals surface area contributed by atoms with Gasteiger partial charge in [-0.3, -0.25) is 4.57 Å². The quantitative estimate of drug-likeness (QED) is 0.554. The number of imidazole rings is 1. The van der Waals surface area contributed by atoms with Gasteiger partial charge in [0.25, 0.3) is 0 Å². The highest BCUT2D eigenvalue weighted by Crippen LogP contribution is 2.42. The molecule has 1 unspecified atom stereocenters. The molecule has 8 nitrogen and oxygen atoms in total. The largest absolute Gasteiger partial charge is 0.284 e. The highest BCUT2D eigenvalue weighted by molar-refractivity contribution is 5.86. The van der Waals surface area contributed by atoms with E-state index in [1.54, 1.807) is 11.0 Å². The lowest BCUT2D eigenvalue weighted by atomic mass is 10.1. The van der Waals surface area contributed by atoms with Gasteiger partial charge in [-0.25, -0.2) is 24.7 Å². The first kappa shape index (κ1) is 14.3. The monoisotopic (exact) mass is 354 g/mol. The van der Waals surface area contributed by atoms with Gasteiger partial charge >= 0.3 is 0 Å². The Hall–Kier alpha value is -3.94. The van der Waals surface area contributed by atoms with Crippen LogP contribution in [0.1, 0.15) is 11.7 Å². The summed E-state index contributed by atoms with van der Waals surface area (Å²) in [6, 6.07) is 18.2. The number of hydrogen-bond acceptors (Lipinski definition) is 6. The molecule has 4 aromatic rings. The fraction of sp³-hybridized carbons (Fsp3) is 0.0526. The normalized spacial score (nSPS) is 17.0. The number of nitrogens with zero attached hydrogens (tertiary/aromatic N) is 8. The van der Waals surface area contributed by atoms with Crippen molar-refractivity contribution in [3.63, 3.8) is 0 Å². The maximum absolute atomic E-state index is 4.73. The standard InChI is InChI=1S/C19H14N8/c1-2-6-14(7-3-1)25-11-17(22-23-25)26-13-21-19-15-8-4-5-9-16(15)24-12-20-10-18(24)27(19)26/h1-13,19H. The topological polar surface area (TPSA) is 67.4 Å². The molecule has 130 valence electrons. The van der Waals surface area contributed by atoms with E-state index in [-0.39, 0.29) is 6.17 Å². The van der Waals surface area contributed by atoms with Crippen molar-refractivity contribution in [2.24, 2.45) is 4.99 Å². The number of hydrogen-bond donors (Lipinski definition) is 0. The van der Waals surface area contributed by atoms with Gasteiger partial charge in [0.2, 0.25) is 0 Å². The molecule has 0 saturated heterocycles. The van der Waals surface area contributed by atoms with Gasteiger partial charge in [0.1, 0.15) is 12.7 Å². The van der Waals surface area contributed by atoms with Crippen molar-refractivity contribution in [1.29, 1.82) is 0 Å². The zero-order valence-corrected chi connectivity index (χ0v) is 14.2. The van der Waals surface area contributed by atoms with E-state index in [2.05, 4.69) is 37.0 Å². The molecule has 0 radical (unpaired) electrons.